The SMILES string of the molecule is CC(O)CC(C)CNC(=O)CC1CCCC(C)C1. The molecule has 1 fully saturated rings. The molecule has 1 amide bonds. The number of aliphatic hydroxyl groups excluding tert-OH is 1. The molecule has 0 radical (unpaired) electrons. The van der Waals surface area contributed by atoms with Gasteiger partial charge in [-0.2, -0.15) is 0 Å². The van der Waals surface area contributed by atoms with Gasteiger partial charge in [-0.3, -0.25) is 4.79 Å². The lowest BCUT2D eigenvalue weighted by Gasteiger charge is -2.26. The van der Waals surface area contributed by atoms with Gasteiger partial charge in [0.05, 0.1) is 6.10 Å². The molecule has 18 heavy (non-hydrogen) atoms. The van der Waals surface area contributed by atoms with Gasteiger partial charge in [0, 0.05) is 13.0 Å². The summed E-state index contributed by atoms with van der Waals surface area (Å²) in [6, 6.07) is 0. The standard InChI is InChI=1S/C15H29NO2/c1-11-5-4-6-14(8-11)9-15(18)16-10-12(2)7-13(3)17/h11-14,17H,4-10H2,1-3H3,(H,16,18). The van der Waals surface area contributed by atoms with Crippen molar-refractivity contribution in [2.24, 2.45) is 17.8 Å². The van der Waals surface area contributed by atoms with Crippen LogP contribution in [0, 0.1) is 17.8 Å². The third-order valence-corrected chi connectivity index (χ3v) is 3.91. The average molecular weight is 255 g/mol. The average Bonchev–Trinajstić information content (AvgIpc) is 2.25. The van der Waals surface area contributed by atoms with Crippen LogP contribution >= 0.6 is 0 Å². The summed E-state index contributed by atoms with van der Waals surface area (Å²) in [6.45, 7) is 6.83. The quantitative estimate of drug-likeness (QED) is 0.766. The molecule has 0 aromatic rings. The molecule has 106 valence electrons. The zero-order valence-electron chi connectivity index (χ0n) is 12.1. The highest BCUT2D eigenvalue weighted by Gasteiger charge is 2.21. The summed E-state index contributed by atoms with van der Waals surface area (Å²) in [4.78, 5) is 11.8. The maximum absolute atomic E-state index is 11.8. The molecule has 4 unspecified atom stereocenters. The Kier molecular flexibility index (Phi) is 6.69. The van der Waals surface area contributed by atoms with Crippen LogP contribution in [0.2, 0.25) is 0 Å². The van der Waals surface area contributed by atoms with E-state index < -0.39 is 0 Å². The van der Waals surface area contributed by atoms with Gasteiger partial charge in [0.2, 0.25) is 5.91 Å². The van der Waals surface area contributed by atoms with Crippen LogP contribution in [-0.2, 0) is 4.79 Å². The first-order valence-corrected chi connectivity index (χ1v) is 7.42. The van der Waals surface area contributed by atoms with Gasteiger partial charge in [0.15, 0.2) is 0 Å². The molecule has 0 bridgehead atoms. The van der Waals surface area contributed by atoms with Gasteiger partial charge in [-0.15, -0.1) is 0 Å². The summed E-state index contributed by atoms with van der Waals surface area (Å²) in [6.07, 6.45) is 6.17. The van der Waals surface area contributed by atoms with Crippen molar-refractivity contribution in [2.45, 2.75) is 65.4 Å². The van der Waals surface area contributed by atoms with E-state index in [-0.39, 0.29) is 12.0 Å². The Morgan fingerprint density at radius 1 is 1.39 bits per heavy atom. The Bertz CT molecular complexity index is 253. The third kappa shape index (κ3) is 6.39. The van der Waals surface area contributed by atoms with Crippen molar-refractivity contribution in [1.82, 2.24) is 5.32 Å². The zero-order chi connectivity index (χ0) is 13.5. The highest BCUT2D eigenvalue weighted by Crippen LogP contribution is 2.30. The van der Waals surface area contributed by atoms with Crippen LogP contribution in [0.1, 0.15) is 59.3 Å². The number of hydrogen-bond acceptors (Lipinski definition) is 2. The predicted octanol–water partition coefficient (Wildman–Crippen LogP) is 2.73. The summed E-state index contributed by atoms with van der Waals surface area (Å²) in [7, 11) is 0. The van der Waals surface area contributed by atoms with Gasteiger partial charge in [-0.25, -0.2) is 0 Å². The van der Waals surface area contributed by atoms with Crippen LogP contribution in [0.3, 0.4) is 0 Å². The molecule has 0 spiro atoms. The molecule has 0 aliphatic heterocycles. The van der Waals surface area contributed by atoms with Gasteiger partial charge in [-0.05, 0) is 43.9 Å². The van der Waals surface area contributed by atoms with Gasteiger partial charge < -0.3 is 10.4 Å². The first-order chi connectivity index (χ1) is 8.47. The minimum atomic E-state index is -0.281. The zero-order valence-corrected chi connectivity index (χ0v) is 12.1. The van der Waals surface area contributed by atoms with Gasteiger partial charge in [0.25, 0.3) is 0 Å². The summed E-state index contributed by atoms with van der Waals surface area (Å²) >= 11 is 0. The number of carbonyl (C=O) groups excluding carboxylic acids is 1. The van der Waals surface area contributed by atoms with E-state index >= 15 is 0 Å². The van der Waals surface area contributed by atoms with E-state index in [2.05, 4.69) is 19.2 Å². The Hall–Kier alpha value is -0.570. The normalized spacial score (nSPS) is 27.6. The smallest absolute Gasteiger partial charge is 0.220 e. The first kappa shape index (κ1) is 15.5. The van der Waals surface area contributed by atoms with E-state index in [0.29, 0.717) is 24.8 Å². The van der Waals surface area contributed by atoms with Crippen LogP contribution in [0.5, 0.6) is 0 Å². The molecule has 1 saturated carbocycles. The van der Waals surface area contributed by atoms with Crippen molar-refractivity contribution in [1.29, 1.82) is 0 Å². The van der Waals surface area contributed by atoms with Crippen LogP contribution < -0.4 is 5.32 Å². The lowest BCUT2D eigenvalue weighted by atomic mass is 9.81. The molecule has 0 saturated heterocycles. The fourth-order valence-corrected chi connectivity index (χ4v) is 3.03. The molecular formula is C15H29NO2. The van der Waals surface area contributed by atoms with E-state index in [1.165, 1.54) is 25.7 Å². The number of hydrogen-bond donors (Lipinski definition) is 2. The monoisotopic (exact) mass is 255 g/mol. The maximum atomic E-state index is 11.8. The molecule has 0 aromatic heterocycles. The molecule has 2 N–H and O–H groups in total. The Morgan fingerprint density at radius 2 is 2.11 bits per heavy atom. The molecule has 1 aliphatic rings. The number of rotatable bonds is 6. The summed E-state index contributed by atoms with van der Waals surface area (Å²) < 4.78 is 0. The molecule has 0 heterocycles. The minimum Gasteiger partial charge on any atom is -0.393 e. The van der Waals surface area contributed by atoms with E-state index in [9.17, 15) is 9.90 Å². The van der Waals surface area contributed by atoms with Crippen molar-refractivity contribution in [3.63, 3.8) is 0 Å². The van der Waals surface area contributed by atoms with Crippen molar-refractivity contribution in [3.05, 3.63) is 0 Å². The molecule has 3 heteroatoms. The van der Waals surface area contributed by atoms with Crippen molar-refractivity contribution >= 4 is 5.91 Å². The number of aliphatic hydroxyl groups is 1. The molecule has 0 aromatic carbocycles. The fourth-order valence-electron chi connectivity index (χ4n) is 3.03. The second-order valence-electron chi connectivity index (χ2n) is 6.34. The van der Waals surface area contributed by atoms with Crippen LogP contribution in [0.25, 0.3) is 0 Å². The summed E-state index contributed by atoms with van der Waals surface area (Å²) in [5.41, 5.74) is 0. The van der Waals surface area contributed by atoms with Gasteiger partial charge in [0.1, 0.15) is 0 Å². The topological polar surface area (TPSA) is 49.3 Å². The largest absolute Gasteiger partial charge is 0.393 e. The van der Waals surface area contributed by atoms with Crippen molar-refractivity contribution in [3.8, 4) is 0 Å². The second-order valence-corrected chi connectivity index (χ2v) is 6.34. The van der Waals surface area contributed by atoms with E-state index in [4.69, 9.17) is 0 Å². The lowest BCUT2D eigenvalue weighted by Crippen LogP contribution is -2.31. The van der Waals surface area contributed by atoms with Crippen LogP contribution in [0.15, 0.2) is 0 Å². The van der Waals surface area contributed by atoms with Crippen molar-refractivity contribution < 1.29 is 9.90 Å². The predicted molar refractivity (Wildman–Crippen MR) is 74.2 cm³/mol. The van der Waals surface area contributed by atoms with E-state index in [1.807, 2.05) is 0 Å². The highest BCUT2D eigenvalue weighted by molar-refractivity contribution is 5.76. The second kappa shape index (κ2) is 7.78. The molecule has 4 atom stereocenters. The van der Waals surface area contributed by atoms with Crippen LogP contribution in [-0.4, -0.2) is 23.7 Å². The minimum absolute atomic E-state index is 0.187. The first-order valence-electron chi connectivity index (χ1n) is 7.42. The highest BCUT2D eigenvalue weighted by atomic mass is 16.3. The molecular weight excluding hydrogens is 226 g/mol. The summed E-state index contributed by atoms with van der Waals surface area (Å²) in [5.74, 6) is 1.90. The lowest BCUT2D eigenvalue weighted by molar-refractivity contribution is -0.122. The number of nitrogens with one attached hydrogen (secondary N) is 1. The van der Waals surface area contributed by atoms with Crippen LogP contribution in [0.4, 0.5) is 0 Å². The molecule has 3 nitrogen and oxygen atoms in total. The number of carbonyl (C=O) groups is 1. The van der Waals surface area contributed by atoms with Crippen molar-refractivity contribution in [2.75, 3.05) is 6.54 Å². The maximum Gasteiger partial charge on any atom is 0.220 e. The van der Waals surface area contributed by atoms with Gasteiger partial charge in [-0.1, -0.05) is 26.7 Å². The Labute approximate surface area is 111 Å². The number of amides is 1. The van der Waals surface area contributed by atoms with E-state index in [0.717, 1.165) is 12.3 Å². The van der Waals surface area contributed by atoms with Gasteiger partial charge >= 0.3 is 0 Å². The molecule has 1 aliphatic carbocycles. The fraction of sp³-hybridized carbons (Fsp3) is 0.933. The Morgan fingerprint density at radius 3 is 2.72 bits per heavy atom. The Balaban J connectivity index is 2.17. The molecule has 1 rings (SSSR count). The van der Waals surface area contributed by atoms with E-state index in [1.54, 1.807) is 6.92 Å². The third-order valence-electron chi connectivity index (χ3n) is 3.91. The summed E-state index contributed by atoms with van der Waals surface area (Å²) in [5, 5.41) is 12.3.